The van der Waals surface area contributed by atoms with Crippen LogP contribution in [0.1, 0.15) is 11.1 Å². The molecule has 1 aliphatic heterocycles. The quantitative estimate of drug-likeness (QED) is 0.721. The summed E-state index contributed by atoms with van der Waals surface area (Å²) < 4.78 is 5.32. The minimum absolute atomic E-state index is 0.134. The third-order valence-electron chi connectivity index (χ3n) is 4.82. The van der Waals surface area contributed by atoms with Crippen molar-refractivity contribution in [1.82, 2.24) is 14.9 Å². The Balaban J connectivity index is 1.54. The van der Waals surface area contributed by atoms with E-state index in [0.717, 1.165) is 43.1 Å². The molecule has 7 nitrogen and oxygen atoms in total. The molecule has 0 amide bonds. The second-order valence-corrected chi connectivity index (χ2v) is 6.49. The highest BCUT2D eigenvalue weighted by Crippen LogP contribution is 2.28. The molecule has 0 saturated carbocycles. The second kappa shape index (κ2) is 6.76. The molecular formula is C19H20N4O3. The minimum Gasteiger partial charge on any atom is -0.508 e. The van der Waals surface area contributed by atoms with Crippen LogP contribution in [0.5, 0.6) is 5.75 Å². The first kappa shape index (κ1) is 16.5. The number of aromatic hydroxyl groups is 1. The predicted molar refractivity (Wildman–Crippen MR) is 98.4 cm³/mol. The van der Waals surface area contributed by atoms with Gasteiger partial charge in [-0.25, -0.2) is 14.8 Å². The van der Waals surface area contributed by atoms with Gasteiger partial charge in [0.05, 0.1) is 0 Å². The lowest BCUT2D eigenvalue weighted by Gasteiger charge is -2.34. The third kappa shape index (κ3) is 3.13. The van der Waals surface area contributed by atoms with Crippen LogP contribution in [-0.4, -0.2) is 46.2 Å². The van der Waals surface area contributed by atoms with Gasteiger partial charge in [0.25, 0.3) is 0 Å². The van der Waals surface area contributed by atoms with Crippen LogP contribution in [-0.2, 0) is 6.54 Å². The SMILES string of the molecule is Cc1c(O)ccc2c(CN3CCN(c4ncccn4)CC3)cc(=O)oc12. The summed E-state index contributed by atoms with van der Waals surface area (Å²) >= 11 is 0. The van der Waals surface area contributed by atoms with E-state index in [2.05, 4.69) is 19.8 Å². The van der Waals surface area contributed by atoms with Crippen molar-refractivity contribution < 1.29 is 9.52 Å². The molecule has 4 rings (SSSR count). The molecular weight excluding hydrogens is 332 g/mol. The fourth-order valence-electron chi connectivity index (χ4n) is 3.35. The van der Waals surface area contributed by atoms with Crippen molar-refractivity contribution in [2.24, 2.45) is 0 Å². The maximum absolute atomic E-state index is 12.0. The van der Waals surface area contributed by atoms with Gasteiger partial charge < -0.3 is 14.4 Å². The van der Waals surface area contributed by atoms with Crippen molar-refractivity contribution in [3.63, 3.8) is 0 Å². The number of hydrogen-bond donors (Lipinski definition) is 1. The summed E-state index contributed by atoms with van der Waals surface area (Å²) in [7, 11) is 0. The number of piperazine rings is 1. The summed E-state index contributed by atoms with van der Waals surface area (Å²) in [5.74, 6) is 0.887. The summed E-state index contributed by atoms with van der Waals surface area (Å²) in [5, 5.41) is 10.7. The maximum atomic E-state index is 12.0. The Bertz CT molecular complexity index is 979. The zero-order valence-corrected chi connectivity index (χ0v) is 14.6. The van der Waals surface area contributed by atoms with E-state index < -0.39 is 5.63 Å². The van der Waals surface area contributed by atoms with Crippen LogP contribution < -0.4 is 10.5 Å². The first-order valence-corrected chi connectivity index (χ1v) is 8.61. The van der Waals surface area contributed by atoms with Gasteiger partial charge in [0.2, 0.25) is 5.95 Å². The molecule has 0 aliphatic carbocycles. The Morgan fingerprint density at radius 2 is 1.88 bits per heavy atom. The number of nitrogens with zero attached hydrogens (tertiary/aromatic N) is 4. The first-order valence-electron chi connectivity index (χ1n) is 8.61. The molecule has 1 aliphatic rings. The third-order valence-corrected chi connectivity index (χ3v) is 4.82. The number of phenols is 1. The van der Waals surface area contributed by atoms with Crippen LogP contribution in [0.3, 0.4) is 0 Å². The van der Waals surface area contributed by atoms with E-state index in [-0.39, 0.29) is 5.75 Å². The minimum atomic E-state index is -0.391. The van der Waals surface area contributed by atoms with Crippen LogP contribution >= 0.6 is 0 Å². The van der Waals surface area contributed by atoms with Crippen LogP contribution in [0.25, 0.3) is 11.0 Å². The first-order chi connectivity index (χ1) is 12.6. The second-order valence-electron chi connectivity index (χ2n) is 6.49. The normalized spacial score (nSPS) is 15.5. The summed E-state index contributed by atoms with van der Waals surface area (Å²) in [4.78, 5) is 25.0. The number of anilines is 1. The van der Waals surface area contributed by atoms with Gasteiger partial charge in [-0.15, -0.1) is 0 Å². The lowest BCUT2D eigenvalue weighted by molar-refractivity contribution is 0.249. The molecule has 7 heteroatoms. The predicted octanol–water partition coefficient (Wildman–Crippen LogP) is 1.92. The maximum Gasteiger partial charge on any atom is 0.336 e. The molecule has 134 valence electrons. The molecule has 2 aromatic heterocycles. The smallest absolute Gasteiger partial charge is 0.336 e. The van der Waals surface area contributed by atoms with Gasteiger partial charge >= 0.3 is 5.63 Å². The zero-order chi connectivity index (χ0) is 18.1. The standard InChI is InChI=1S/C19H20N4O3/c1-13-16(24)4-3-15-14(11-17(25)26-18(13)15)12-22-7-9-23(10-8-22)19-20-5-2-6-21-19/h2-6,11,24H,7-10,12H2,1H3. The molecule has 3 heterocycles. The Labute approximate surface area is 150 Å². The summed E-state index contributed by atoms with van der Waals surface area (Å²) in [6.07, 6.45) is 3.50. The Hall–Kier alpha value is -2.93. The summed E-state index contributed by atoms with van der Waals surface area (Å²) in [6.45, 7) is 5.80. The number of benzene rings is 1. The fraction of sp³-hybridized carbons (Fsp3) is 0.316. The van der Waals surface area contributed by atoms with Gasteiger partial charge in [-0.2, -0.15) is 0 Å². The van der Waals surface area contributed by atoms with E-state index in [0.29, 0.717) is 17.7 Å². The van der Waals surface area contributed by atoms with Gasteiger partial charge in [0.15, 0.2) is 0 Å². The van der Waals surface area contributed by atoms with Gasteiger partial charge in [-0.1, -0.05) is 0 Å². The van der Waals surface area contributed by atoms with E-state index in [1.165, 1.54) is 0 Å². The van der Waals surface area contributed by atoms with E-state index in [1.807, 2.05) is 12.1 Å². The van der Waals surface area contributed by atoms with E-state index in [9.17, 15) is 9.90 Å². The fourth-order valence-corrected chi connectivity index (χ4v) is 3.35. The van der Waals surface area contributed by atoms with Gasteiger partial charge in [-0.05, 0) is 30.7 Å². The number of phenolic OH excluding ortho intramolecular Hbond substituents is 1. The summed E-state index contributed by atoms with van der Waals surface area (Å²) in [6, 6.07) is 6.81. The van der Waals surface area contributed by atoms with Crippen molar-refractivity contribution in [3.05, 3.63) is 58.2 Å². The number of rotatable bonds is 3. The van der Waals surface area contributed by atoms with Crippen molar-refractivity contribution in [2.45, 2.75) is 13.5 Å². The van der Waals surface area contributed by atoms with Crippen molar-refractivity contribution in [1.29, 1.82) is 0 Å². The number of aromatic nitrogens is 2. The van der Waals surface area contributed by atoms with E-state index in [1.54, 1.807) is 31.5 Å². The lowest BCUT2D eigenvalue weighted by Crippen LogP contribution is -2.46. The molecule has 1 saturated heterocycles. The Morgan fingerprint density at radius 1 is 1.15 bits per heavy atom. The molecule has 0 unspecified atom stereocenters. The molecule has 0 bridgehead atoms. The Kier molecular flexibility index (Phi) is 4.30. The van der Waals surface area contributed by atoms with Crippen molar-refractivity contribution >= 4 is 16.9 Å². The molecule has 0 radical (unpaired) electrons. The van der Waals surface area contributed by atoms with Crippen molar-refractivity contribution in [2.75, 3.05) is 31.1 Å². The summed E-state index contributed by atoms with van der Waals surface area (Å²) in [5.41, 5.74) is 1.58. The molecule has 0 spiro atoms. The molecule has 3 aromatic rings. The van der Waals surface area contributed by atoms with Crippen LogP contribution in [0.15, 0.2) is 45.9 Å². The molecule has 1 fully saturated rings. The highest BCUT2D eigenvalue weighted by atomic mass is 16.4. The van der Waals surface area contributed by atoms with Gasteiger partial charge in [-0.3, -0.25) is 4.90 Å². The van der Waals surface area contributed by atoms with Gasteiger partial charge in [0.1, 0.15) is 11.3 Å². The number of hydrogen-bond acceptors (Lipinski definition) is 7. The monoisotopic (exact) mass is 352 g/mol. The van der Waals surface area contributed by atoms with Gasteiger partial charge in [0, 0.05) is 62.1 Å². The van der Waals surface area contributed by atoms with Crippen molar-refractivity contribution in [3.8, 4) is 5.75 Å². The van der Waals surface area contributed by atoms with Crippen LogP contribution in [0, 0.1) is 6.92 Å². The molecule has 0 atom stereocenters. The highest BCUT2D eigenvalue weighted by molar-refractivity contribution is 5.84. The average Bonchev–Trinajstić information content (AvgIpc) is 2.66. The van der Waals surface area contributed by atoms with Crippen LogP contribution in [0.2, 0.25) is 0 Å². The largest absolute Gasteiger partial charge is 0.508 e. The topological polar surface area (TPSA) is 82.7 Å². The number of fused-ring (bicyclic) bond motifs is 1. The van der Waals surface area contributed by atoms with Crippen LogP contribution in [0.4, 0.5) is 5.95 Å². The molecule has 1 aromatic carbocycles. The van der Waals surface area contributed by atoms with E-state index in [4.69, 9.17) is 4.42 Å². The lowest BCUT2D eigenvalue weighted by atomic mass is 10.1. The highest BCUT2D eigenvalue weighted by Gasteiger charge is 2.20. The average molecular weight is 352 g/mol. The Morgan fingerprint density at radius 3 is 2.62 bits per heavy atom. The number of aryl methyl sites for hydroxylation is 1. The zero-order valence-electron chi connectivity index (χ0n) is 14.6. The molecule has 1 N–H and O–H groups in total. The molecule has 26 heavy (non-hydrogen) atoms. The van der Waals surface area contributed by atoms with E-state index >= 15 is 0 Å².